The van der Waals surface area contributed by atoms with E-state index in [1.807, 2.05) is 60.4 Å². The van der Waals surface area contributed by atoms with Crippen LogP contribution in [0.2, 0.25) is 0 Å². The number of carbonyl (C=O) groups is 2. The molecule has 1 aliphatic heterocycles. The van der Waals surface area contributed by atoms with E-state index in [1.54, 1.807) is 0 Å². The molecule has 1 fully saturated rings. The Morgan fingerprint density at radius 3 is 2.22 bits per heavy atom. The number of rotatable bonds is 6. The molecule has 2 amide bonds. The average molecular weight is 364 g/mol. The Labute approximate surface area is 161 Å². The molecule has 4 nitrogen and oxygen atoms in total. The number of nitrogens with zero attached hydrogens (tertiary/aromatic N) is 1. The van der Waals surface area contributed by atoms with Crippen molar-refractivity contribution in [1.29, 1.82) is 0 Å². The van der Waals surface area contributed by atoms with Gasteiger partial charge in [0.1, 0.15) is 0 Å². The van der Waals surface area contributed by atoms with E-state index in [1.165, 1.54) is 5.56 Å². The first kappa shape index (κ1) is 19.2. The van der Waals surface area contributed by atoms with E-state index in [9.17, 15) is 9.59 Å². The minimum atomic E-state index is -0.00524. The van der Waals surface area contributed by atoms with Crippen molar-refractivity contribution in [3.63, 3.8) is 0 Å². The summed E-state index contributed by atoms with van der Waals surface area (Å²) in [7, 11) is 0. The molecule has 1 aliphatic rings. The zero-order valence-electron chi connectivity index (χ0n) is 15.9. The average Bonchev–Trinajstić information content (AvgIpc) is 2.73. The first-order valence-electron chi connectivity index (χ1n) is 9.80. The summed E-state index contributed by atoms with van der Waals surface area (Å²) in [5, 5.41) is 3.11. The second-order valence-electron chi connectivity index (χ2n) is 7.28. The molecule has 0 bridgehead atoms. The molecule has 1 atom stereocenters. The van der Waals surface area contributed by atoms with E-state index >= 15 is 0 Å². The van der Waals surface area contributed by atoms with Gasteiger partial charge in [-0.05, 0) is 37.3 Å². The van der Waals surface area contributed by atoms with Gasteiger partial charge in [0.05, 0.1) is 6.04 Å². The lowest BCUT2D eigenvalue weighted by Gasteiger charge is -2.32. The molecule has 1 N–H and O–H groups in total. The highest BCUT2D eigenvalue weighted by Crippen LogP contribution is 2.20. The van der Waals surface area contributed by atoms with Gasteiger partial charge >= 0.3 is 0 Å². The molecule has 0 aliphatic carbocycles. The molecule has 142 valence electrons. The van der Waals surface area contributed by atoms with Crippen LogP contribution in [0.1, 0.15) is 43.4 Å². The van der Waals surface area contributed by atoms with Gasteiger partial charge < -0.3 is 10.2 Å². The molecule has 0 radical (unpaired) electrons. The lowest BCUT2D eigenvalue weighted by atomic mass is 9.94. The third kappa shape index (κ3) is 5.43. The molecule has 0 spiro atoms. The fourth-order valence-corrected chi connectivity index (χ4v) is 3.60. The maximum Gasteiger partial charge on any atom is 0.223 e. The van der Waals surface area contributed by atoms with Crippen molar-refractivity contribution in [2.45, 2.75) is 38.6 Å². The van der Waals surface area contributed by atoms with E-state index in [2.05, 4.69) is 17.4 Å². The van der Waals surface area contributed by atoms with Crippen molar-refractivity contribution >= 4 is 11.8 Å². The summed E-state index contributed by atoms with van der Waals surface area (Å²) in [5.74, 6) is 0.285. The van der Waals surface area contributed by atoms with Crippen molar-refractivity contribution in [2.24, 2.45) is 5.92 Å². The molecule has 0 aromatic heterocycles. The van der Waals surface area contributed by atoms with Crippen molar-refractivity contribution < 1.29 is 9.59 Å². The second-order valence-corrected chi connectivity index (χ2v) is 7.28. The van der Waals surface area contributed by atoms with Crippen LogP contribution in [0, 0.1) is 5.92 Å². The van der Waals surface area contributed by atoms with Crippen molar-refractivity contribution in [1.82, 2.24) is 10.2 Å². The third-order valence-corrected chi connectivity index (χ3v) is 5.35. The van der Waals surface area contributed by atoms with Gasteiger partial charge in [-0.25, -0.2) is 0 Å². The molecular weight excluding hydrogens is 336 g/mol. The largest absolute Gasteiger partial charge is 0.349 e. The summed E-state index contributed by atoms with van der Waals surface area (Å²) in [6.45, 7) is 3.35. The Balaban J connectivity index is 1.42. The van der Waals surface area contributed by atoms with E-state index in [4.69, 9.17) is 0 Å². The number of hydrogen-bond acceptors (Lipinski definition) is 2. The number of nitrogens with one attached hydrogen (secondary N) is 1. The molecule has 27 heavy (non-hydrogen) atoms. The van der Waals surface area contributed by atoms with Crippen LogP contribution in [0.15, 0.2) is 60.7 Å². The summed E-state index contributed by atoms with van der Waals surface area (Å²) < 4.78 is 0. The van der Waals surface area contributed by atoms with Gasteiger partial charge in [0.2, 0.25) is 11.8 Å². The van der Waals surface area contributed by atoms with Crippen LogP contribution in [0.3, 0.4) is 0 Å². The Morgan fingerprint density at radius 1 is 1.00 bits per heavy atom. The Kier molecular flexibility index (Phi) is 6.64. The lowest BCUT2D eigenvalue weighted by Crippen LogP contribution is -2.43. The maximum atomic E-state index is 12.6. The molecule has 2 aromatic carbocycles. The molecule has 2 aromatic rings. The van der Waals surface area contributed by atoms with Crippen LogP contribution < -0.4 is 5.32 Å². The van der Waals surface area contributed by atoms with Gasteiger partial charge in [-0.3, -0.25) is 9.59 Å². The van der Waals surface area contributed by atoms with Crippen LogP contribution in [-0.2, 0) is 16.0 Å². The monoisotopic (exact) mass is 364 g/mol. The number of benzene rings is 2. The number of carbonyl (C=O) groups excluding carboxylic acids is 2. The smallest absolute Gasteiger partial charge is 0.223 e. The van der Waals surface area contributed by atoms with E-state index in [0.717, 1.165) is 24.8 Å². The fourth-order valence-electron chi connectivity index (χ4n) is 3.60. The number of amides is 2. The second kappa shape index (κ2) is 9.36. The number of aryl methyl sites for hydroxylation is 1. The molecule has 1 heterocycles. The standard InChI is InChI=1S/C23H28N2O2/c1-18(20-10-6-3-7-11-20)24-23(27)21-14-16-25(17-15-21)22(26)13-12-19-8-4-2-5-9-19/h2-11,18,21H,12-17H2,1H3,(H,24,27). The van der Waals surface area contributed by atoms with E-state index < -0.39 is 0 Å². The first-order chi connectivity index (χ1) is 13.1. The maximum absolute atomic E-state index is 12.6. The van der Waals surface area contributed by atoms with Crippen molar-refractivity contribution in [3.8, 4) is 0 Å². The summed E-state index contributed by atoms with van der Waals surface area (Å²) >= 11 is 0. The molecule has 3 rings (SSSR count). The van der Waals surface area contributed by atoms with Gasteiger partial charge in [-0.1, -0.05) is 60.7 Å². The summed E-state index contributed by atoms with van der Waals surface area (Å²) in [5.41, 5.74) is 2.30. The van der Waals surface area contributed by atoms with Crippen molar-refractivity contribution in [3.05, 3.63) is 71.8 Å². The lowest BCUT2D eigenvalue weighted by molar-refractivity contribution is -0.135. The van der Waals surface area contributed by atoms with Crippen LogP contribution in [0.5, 0.6) is 0 Å². The van der Waals surface area contributed by atoms with Crippen molar-refractivity contribution in [2.75, 3.05) is 13.1 Å². The summed E-state index contributed by atoms with van der Waals surface area (Å²) in [6, 6.07) is 20.1. The highest BCUT2D eigenvalue weighted by atomic mass is 16.2. The van der Waals surface area contributed by atoms with Gasteiger partial charge in [-0.15, -0.1) is 0 Å². The third-order valence-electron chi connectivity index (χ3n) is 5.35. The molecule has 0 saturated carbocycles. The minimum absolute atomic E-state index is 0.00392. The zero-order valence-corrected chi connectivity index (χ0v) is 15.9. The highest BCUT2D eigenvalue weighted by Gasteiger charge is 2.27. The number of piperidine rings is 1. The van der Waals surface area contributed by atoms with Gasteiger partial charge in [-0.2, -0.15) is 0 Å². The quantitative estimate of drug-likeness (QED) is 0.849. The topological polar surface area (TPSA) is 49.4 Å². The molecule has 4 heteroatoms. The number of likely N-dealkylation sites (tertiary alicyclic amines) is 1. The van der Waals surface area contributed by atoms with Crippen LogP contribution >= 0.6 is 0 Å². The molecule has 1 saturated heterocycles. The summed E-state index contributed by atoms with van der Waals surface area (Å²) in [6.07, 6.45) is 2.79. The Bertz CT molecular complexity index is 737. The predicted octanol–water partition coefficient (Wildman–Crippen LogP) is 3.74. The zero-order chi connectivity index (χ0) is 19.1. The van der Waals surface area contributed by atoms with Gasteiger partial charge in [0, 0.05) is 25.4 Å². The Hall–Kier alpha value is -2.62. The SMILES string of the molecule is CC(NC(=O)C1CCN(C(=O)CCc2ccccc2)CC1)c1ccccc1. The minimum Gasteiger partial charge on any atom is -0.349 e. The fraction of sp³-hybridized carbons (Fsp3) is 0.391. The van der Waals surface area contributed by atoms with Gasteiger partial charge in [0.25, 0.3) is 0 Å². The van der Waals surface area contributed by atoms with E-state index in [0.29, 0.717) is 19.5 Å². The van der Waals surface area contributed by atoms with Crippen LogP contribution in [0.25, 0.3) is 0 Å². The Morgan fingerprint density at radius 2 is 1.59 bits per heavy atom. The summed E-state index contributed by atoms with van der Waals surface area (Å²) in [4.78, 5) is 26.9. The van der Waals surface area contributed by atoms with E-state index in [-0.39, 0.29) is 23.8 Å². The predicted molar refractivity (Wildman–Crippen MR) is 107 cm³/mol. The normalized spacial score (nSPS) is 16.0. The van der Waals surface area contributed by atoms with Gasteiger partial charge in [0.15, 0.2) is 0 Å². The molecular formula is C23H28N2O2. The van der Waals surface area contributed by atoms with Crippen LogP contribution in [0.4, 0.5) is 0 Å². The first-order valence-corrected chi connectivity index (χ1v) is 9.80. The number of hydrogen-bond donors (Lipinski definition) is 1. The highest BCUT2D eigenvalue weighted by molar-refractivity contribution is 5.80. The van der Waals surface area contributed by atoms with Crippen LogP contribution in [-0.4, -0.2) is 29.8 Å². The molecule has 1 unspecified atom stereocenters.